The maximum Gasteiger partial charge on any atom is 0.0441 e. The lowest BCUT2D eigenvalue weighted by molar-refractivity contribution is 0.721. The summed E-state index contributed by atoms with van der Waals surface area (Å²) in [6.45, 7) is 4.12. The third kappa shape index (κ3) is 3.12. The van der Waals surface area contributed by atoms with E-state index in [9.17, 15) is 0 Å². The Morgan fingerprint density at radius 2 is 1.78 bits per heavy atom. The summed E-state index contributed by atoms with van der Waals surface area (Å²) in [5.41, 5.74) is 10.9. The summed E-state index contributed by atoms with van der Waals surface area (Å²) < 4.78 is 0. The third-order valence-electron chi connectivity index (χ3n) is 3.12. The van der Waals surface area contributed by atoms with Crippen LogP contribution in [0.25, 0.3) is 0 Å². The summed E-state index contributed by atoms with van der Waals surface area (Å²) in [7, 11) is 0. The molecule has 0 heterocycles. The van der Waals surface area contributed by atoms with Gasteiger partial charge in [0, 0.05) is 11.1 Å². The quantitative estimate of drug-likeness (QED) is 0.878. The van der Waals surface area contributed by atoms with Crippen LogP contribution in [0.1, 0.15) is 28.3 Å². The largest absolute Gasteiger partial charge is 0.324 e. The Hall–Kier alpha value is -1.31. The molecule has 2 aromatic rings. The molecule has 18 heavy (non-hydrogen) atoms. The van der Waals surface area contributed by atoms with Crippen molar-refractivity contribution in [2.24, 2.45) is 5.73 Å². The van der Waals surface area contributed by atoms with Gasteiger partial charge in [0.15, 0.2) is 0 Å². The lowest BCUT2D eigenvalue weighted by Crippen LogP contribution is -2.13. The molecule has 2 aromatic carbocycles. The van der Waals surface area contributed by atoms with Crippen LogP contribution in [0.3, 0.4) is 0 Å². The van der Waals surface area contributed by atoms with E-state index in [0.29, 0.717) is 0 Å². The van der Waals surface area contributed by atoms with Crippen molar-refractivity contribution in [2.75, 3.05) is 0 Å². The van der Waals surface area contributed by atoms with Gasteiger partial charge in [-0.05, 0) is 43.0 Å². The molecule has 0 bridgehead atoms. The highest BCUT2D eigenvalue weighted by Gasteiger charge is 2.09. The molecule has 0 aromatic heterocycles. The molecule has 1 atom stereocenters. The van der Waals surface area contributed by atoms with Gasteiger partial charge in [0.05, 0.1) is 0 Å². The van der Waals surface area contributed by atoms with Crippen molar-refractivity contribution >= 4 is 11.6 Å². The van der Waals surface area contributed by atoms with E-state index in [1.54, 1.807) is 0 Å². The van der Waals surface area contributed by atoms with E-state index in [4.69, 9.17) is 17.3 Å². The standard InChI is InChI=1S/C16H18ClN/c1-11-4-3-5-14(8-11)16(18)10-13-7-6-12(2)9-15(13)17/h3-9,16H,10,18H2,1-2H3. The van der Waals surface area contributed by atoms with Crippen molar-refractivity contribution < 1.29 is 0 Å². The molecule has 2 N–H and O–H groups in total. The number of rotatable bonds is 3. The summed E-state index contributed by atoms with van der Waals surface area (Å²) in [5.74, 6) is 0. The first kappa shape index (κ1) is 13.1. The Morgan fingerprint density at radius 3 is 2.44 bits per heavy atom. The number of halogens is 1. The molecule has 0 aliphatic rings. The van der Waals surface area contributed by atoms with E-state index in [1.165, 1.54) is 11.1 Å². The lowest BCUT2D eigenvalue weighted by Gasteiger charge is -2.14. The van der Waals surface area contributed by atoms with Crippen molar-refractivity contribution in [3.05, 3.63) is 69.7 Å². The van der Waals surface area contributed by atoms with Crippen LogP contribution in [-0.2, 0) is 6.42 Å². The molecule has 0 fully saturated rings. The molecular weight excluding hydrogens is 242 g/mol. The van der Waals surface area contributed by atoms with E-state index in [2.05, 4.69) is 37.3 Å². The second-order valence-corrected chi connectivity index (χ2v) is 5.23. The number of nitrogens with two attached hydrogens (primary N) is 1. The zero-order chi connectivity index (χ0) is 13.1. The number of hydrogen-bond acceptors (Lipinski definition) is 1. The molecule has 0 spiro atoms. The summed E-state index contributed by atoms with van der Waals surface area (Å²) in [4.78, 5) is 0. The van der Waals surface area contributed by atoms with Gasteiger partial charge < -0.3 is 5.73 Å². The number of benzene rings is 2. The first-order valence-corrected chi connectivity index (χ1v) is 6.51. The second kappa shape index (κ2) is 5.55. The van der Waals surface area contributed by atoms with E-state index >= 15 is 0 Å². The minimum absolute atomic E-state index is 0.00916. The predicted molar refractivity (Wildman–Crippen MR) is 78.0 cm³/mol. The highest BCUT2D eigenvalue weighted by Crippen LogP contribution is 2.23. The average Bonchev–Trinajstić information content (AvgIpc) is 2.32. The molecular formula is C16H18ClN. The van der Waals surface area contributed by atoms with Crippen LogP contribution in [-0.4, -0.2) is 0 Å². The zero-order valence-electron chi connectivity index (χ0n) is 10.8. The van der Waals surface area contributed by atoms with Gasteiger partial charge in [-0.2, -0.15) is 0 Å². The highest BCUT2D eigenvalue weighted by atomic mass is 35.5. The monoisotopic (exact) mass is 259 g/mol. The fraction of sp³-hybridized carbons (Fsp3) is 0.250. The molecule has 2 rings (SSSR count). The highest BCUT2D eigenvalue weighted by molar-refractivity contribution is 6.31. The van der Waals surface area contributed by atoms with Gasteiger partial charge in [-0.25, -0.2) is 0 Å². The fourth-order valence-corrected chi connectivity index (χ4v) is 2.39. The van der Waals surface area contributed by atoms with Crippen molar-refractivity contribution in [3.8, 4) is 0 Å². The maximum atomic E-state index is 6.24. The molecule has 0 aliphatic heterocycles. The van der Waals surface area contributed by atoms with Crippen LogP contribution < -0.4 is 5.73 Å². The Balaban J connectivity index is 2.18. The molecule has 0 saturated heterocycles. The molecule has 0 aliphatic carbocycles. The lowest BCUT2D eigenvalue weighted by atomic mass is 9.98. The summed E-state index contributed by atoms with van der Waals surface area (Å²) in [6, 6.07) is 14.4. The van der Waals surface area contributed by atoms with Gasteiger partial charge >= 0.3 is 0 Å². The van der Waals surface area contributed by atoms with Crippen LogP contribution in [0.5, 0.6) is 0 Å². The summed E-state index contributed by atoms with van der Waals surface area (Å²) in [6.07, 6.45) is 0.766. The van der Waals surface area contributed by atoms with E-state index < -0.39 is 0 Å². The number of aryl methyl sites for hydroxylation is 2. The van der Waals surface area contributed by atoms with Crippen molar-refractivity contribution in [3.63, 3.8) is 0 Å². The van der Waals surface area contributed by atoms with Crippen molar-refractivity contribution in [1.29, 1.82) is 0 Å². The van der Waals surface area contributed by atoms with Gasteiger partial charge in [-0.15, -0.1) is 0 Å². The summed E-state index contributed by atoms with van der Waals surface area (Å²) >= 11 is 6.24. The average molecular weight is 260 g/mol. The van der Waals surface area contributed by atoms with Gasteiger partial charge in [-0.3, -0.25) is 0 Å². The Kier molecular flexibility index (Phi) is 4.05. The van der Waals surface area contributed by atoms with Gasteiger partial charge in [0.1, 0.15) is 0 Å². The van der Waals surface area contributed by atoms with Crippen LogP contribution in [0, 0.1) is 13.8 Å². The minimum Gasteiger partial charge on any atom is -0.324 e. The predicted octanol–water partition coefficient (Wildman–Crippen LogP) is 4.20. The van der Waals surface area contributed by atoms with Crippen LogP contribution in [0.15, 0.2) is 42.5 Å². The Labute approximate surface area is 114 Å². The van der Waals surface area contributed by atoms with Crippen molar-refractivity contribution in [1.82, 2.24) is 0 Å². The van der Waals surface area contributed by atoms with Crippen LogP contribution in [0.4, 0.5) is 0 Å². The SMILES string of the molecule is Cc1cccc(C(N)Cc2ccc(C)cc2Cl)c1. The maximum absolute atomic E-state index is 6.24. The topological polar surface area (TPSA) is 26.0 Å². The molecule has 0 radical (unpaired) electrons. The minimum atomic E-state index is -0.00916. The van der Waals surface area contributed by atoms with E-state index in [-0.39, 0.29) is 6.04 Å². The molecule has 1 nitrogen and oxygen atoms in total. The Bertz CT molecular complexity index is 549. The van der Waals surface area contributed by atoms with Gasteiger partial charge in [0.2, 0.25) is 0 Å². The first-order valence-electron chi connectivity index (χ1n) is 6.13. The normalized spacial score (nSPS) is 12.4. The zero-order valence-corrected chi connectivity index (χ0v) is 11.5. The van der Waals surface area contributed by atoms with Gasteiger partial charge in [-0.1, -0.05) is 53.6 Å². The smallest absolute Gasteiger partial charge is 0.0441 e. The fourth-order valence-electron chi connectivity index (χ4n) is 2.07. The Morgan fingerprint density at radius 1 is 1.06 bits per heavy atom. The summed E-state index contributed by atoms with van der Waals surface area (Å²) in [5, 5.41) is 0.804. The third-order valence-corrected chi connectivity index (χ3v) is 3.47. The van der Waals surface area contributed by atoms with E-state index in [1.807, 2.05) is 19.1 Å². The molecule has 0 saturated carbocycles. The van der Waals surface area contributed by atoms with E-state index in [0.717, 1.165) is 22.6 Å². The van der Waals surface area contributed by atoms with Gasteiger partial charge in [0.25, 0.3) is 0 Å². The van der Waals surface area contributed by atoms with Crippen LogP contribution >= 0.6 is 11.6 Å². The van der Waals surface area contributed by atoms with Crippen molar-refractivity contribution in [2.45, 2.75) is 26.3 Å². The molecule has 0 amide bonds. The molecule has 94 valence electrons. The number of hydrogen-bond donors (Lipinski definition) is 1. The molecule has 1 unspecified atom stereocenters. The van der Waals surface area contributed by atoms with Crippen LogP contribution in [0.2, 0.25) is 5.02 Å². The molecule has 2 heteroatoms. The first-order chi connectivity index (χ1) is 8.56. The second-order valence-electron chi connectivity index (χ2n) is 4.82.